The third kappa shape index (κ3) is 8.47. The van der Waals surface area contributed by atoms with E-state index in [1.807, 2.05) is 5.01 Å². The zero-order valence-electron chi connectivity index (χ0n) is 35.9. The first-order valence-electron chi connectivity index (χ1n) is 21.0. The van der Waals surface area contributed by atoms with Gasteiger partial charge in [0.2, 0.25) is 0 Å². The monoisotopic (exact) mass is 834 g/mol. The maximum Gasteiger partial charge on any atom is 0.312 e. The van der Waals surface area contributed by atoms with E-state index in [1.54, 1.807) is 46.8 Å². The van der Waals surface area contributed by atoms with Crippen LogP contribution in [0.1, 0.15) is 88.7 Å². The van der Waals surface area contributed by atoms with E-state index in [2.05, 4.69) is 15.3 Å². The Hall–Kier alpha value is -4.67. The molecule has 2 aromatic carbocycles. The van der Waals surface area contributed by atoms with Crippen molar-refractivity contribution in [1.82, 2.24) is 9.91 Å². The van der Waals surface area contributed by atoms with Crippen LogP contribution in [0.2, 0.25) is 0 Å². The van der Waals surface area contributed by atoms with Gasteiger partial charge < -0.3 is 50.2 Å². The fraction of sp³-hybridized carbons (Fsp3) is 0.578. The molecule has 4 aliphatic heterocycles. The number of hydrogen-bond acceptors (Lipinski definition) is 14. The lowest BCUT2D eigenvalue weighted by atomic mass is 9.78. The van der Waals surface area contributed by atoms with E-state index < -0.39 is 82.8 Å². The average molecular weight is 835 g/mol. The summed E-state index contributed by atoms with van der Waals surface area (Å²) in [4.78, 5) is 30.7. The van der Waals surface area contributed by atoms with Gasteiger partial charge in [-0.3, -0.25) is 19.5 Å². The molecule has 0 aromatic heterocycles. The highest BCUT2D eigenvalue weighted by molar-refractivity contribution is 6.23. The van der Waals surface area contributed by atoms with Crippen molar-refractivity contribution >= 4 is 34.4 Å². The highest BCUT2D eigenvalue weighted by Gasteiger charge is 2.50. The number of anilines is 1. The molecule has 1 saturated carbocycles. The molecular formula is C45H62N4O11. The van der Waals surface area contributed by atoms with Crippen molar-refractivity contribution in [3.8, 4) is 23.0 Å². The molecule has 7 N–H and O–H groups in total. The topological polar surface area (TPSA) is 214 Å². The number of phenolic OH excluding ortho intramolecular Hbond substituents is 3. The van der Waals surface area contributed by atoms with E-state index in [0.717, 1.165) is 13.1 Å². The average Bonchev–Trinajstić information content (AvgIpc) is 3.87. The molecule has 0 spiro atoms. The molecule has 1 saturated heterocycles. The lowest BCUT2D eigenvalue weighted by Crippen LogP contribution is -2.47. The van der Waals surface area contributed by atoms with E-state index in [1.165, 1.54) is 71.3 Å². The number of ether oxygens (including phenoxy) is 3. The van der Waals surface area contributed by atoms with Crippen LogP contribution in [-0.2, 0) is 14.3 Å². The number of nitrogens with zero attached hydrogens (tertiary/aromatic N) is 3. The predicted molar refractivity (Wildman–Crippen MR) is 227 cm³/mol. The highest BCUT2D eigenvalue weighted by atomic mass is 16.7. The number of phenols is 3. The number of Topliss-reactive ketones (excluding diaryl/α,β-unsaturated/α-hetero) is 1. The molecule has 4 heterocycles. The minimum atomic E-state index is -2.01. The van der Waals surface area contributed by atoms with Gasteiger partial charge in [-0.05, 0) is 32.8 Å². The van der Waals surface area contributed by atoms with Crippen molar-refractivity contribution in [3.05, 3.63) is 52.8 Å². The Bertz CT molecular complexity index is 2070. The van der Waals surface area contributed by atoms with Gasteiger partial charge in [-0.1, -0.05) is 58.8 Å². The summed E-state index contributed by atoms with van der Waals surface area (Å²) in [5.74, 6) is -7.52. The molecule has 60 heavy (non-hydrogen) atoms. The van der Waals surface area contributed by atoms with Gasteiger partial charge in [-0.15, -0.1) is 0 Å². The summed E-state index contributed by atoms with van der Waals surface area (Å²) < 4.78 is 17.8. The molecule has 1 amide bonds. The number of carbonyl (C=O) groups excluding carboxylic acids is 2. The van der Waals surface area contributed by atoms with Crippen LogP contribution >= 0.6 is 0 Å². The smallest absolute Gasteiger partial charge is 0.312 e. The zero-order chi connectivity index (χ0) is 43.8. The molecule has 5 aliphatic rings. The molecule has 2 aromatic rings. The summed E-state index contributed by atoms with van der Waals surface area (Å²) in [7, 11) is 1.45. The van der Waals surface area contributed by atoms with Crippen LogP contribution in [0.25, 0.3) is 10.8 Å². The number of methoxy groups -OCH3 is 1. The summed E-state index contributed by atoms with van der Waals surface area (Å²) in [6.07, 6.45) is 9.71. The lowest BCUT2D eigenvalue weighted by Gasteiger charge is -2.36. The largest absolute Gasteiger partial charge is 0.507 e. The number of hydrazone groups is 1. The quantitative estimate of drug-likeness (QED) is 0.122. The van der Waals surface area contributed by atoms with Crippen molar-refractivity contribution in [3.63, 3.8) is 0 Å². The van der Waals surface area contributed by atoms with Gasteiger partial charge in [0.05, 0.1) is 59.1 Å². The van der Waals surface area contributed by atoms with Gasteiger partial charge in [-0.2, -0.15) is 5.10 Å². The molecule has 1 aliphatic carbocycles. The number of benzene rings is 2. The number of amides is 1. The van der Waals surface area contributed by atoms with Gasteiger partial charge >= 0.3 is 5.79 Å². The Morgan fingerprint density at radius 2 is 1.50 bits per heavy atom. The molecule has 328 valence electrons. The van der Waals surface area contributed by atoms with E-state index >= 15 is 0 Å². The number of allylic oxidation sites excluding steroid dienone is 2. The standard InChI is InChI=1S/C45H62N4O11/c1-23-12-11-13-24(2)44(57)47-35-30(22-46-49-19-17-48(18-20-49)29-14-9-10-15-29)40(54)32-33(41(35)55)39(53)28(6)42-34(32)43(56)45(7,60-42)59-21-16-31(58-8)25(3)37(51)27(5)38(52)26(4)36(23)50/h11-13,16,21-23,25-27,29,31,36-38,50-55H,9-10,14-15,17-20H2,1-8H3,(H,47,57)/t23-,25-,26+,27-,31-,36-,37+,38+,45-/m0/s1. The van der Waals surface area contributed by atoms with Crippen LogP contribution in [-0.4, -0.2) is 128 Å². The Balaban J connectivity index is 1.46. The van der Waals surface area contributed by atoms with Gasteiger partial charge in [0.1, 0.15) is 17.2 Å². The van der Waals surface area contributed by atoms with Gasteiger partial charge in [0.15, 0.2) is 5.75 Å². The van der Waals surface area contributed by atoms with E-state index in [4.69, 9.17) is 14.2 Å². The normalized spacial score (nSPS) is 31.6. The van der Waals surface area contributed by atoms with Gasteiger partial charge in [0, 0.05) is 86.4 Å². The molecule has 15 nitrogen and oxygen atoms in total. The summed E-state index contributed by atoms with van der Waals surface area (Å²) in [5, 5.41) is 78.4. The highest BCUT2D eigenvalue weighted by Crippen LogP contribution is 2.55. The number of rotatable bonds is 4. The van der Waals surface area contributed by atoms with Crippen molar-refractivity contribution in [2.75, 3.05) is 38.6 Å². The Morgan fingerprint density at radius 3 is 2.15 bits per heavy atom. The molecule has 15 heteroatoms. The number of ketones is 1. The zero-order valence-corrected chi connectivity index (χ0v) is 35.9. The molecule has 5 bridgehead atoms. The number of aliphatic hydroxyl groups excluding tert-OH is 3. The maximum atomic E-state index is 14.4. The molecular weight excluding hydrogens is 773 g/mol. The minimum absolute atomic E-state index is 0.0742. The van der Waals surface area contributed by atoms with Crippen LogP contribution in [0, 0.1) is 30.6 Å². The second kappa shape index (κ2) is 18.1. The fourth-order valence-electron chi connectivity index (χ4n) is 9.08. The van der Waals surface area contributed by atoms with Crippen molar-refractivity contribution in [2.24, 2.45) is 28.8 Å². The van der Waals surface area contributed by atoms with Gasteiger partial charge in [-0.25, -0.2) is 0 Å². The summed E-state index contributed by atoms with van der Waals surface area (Å²) in [6, 6.07) is 0.561. The van der Waals surface area contributed by atoms with Crippen LogP contribution in [0.5, 0.6) is 23.0 Å². The number of hydrogen-bond donors (Lipinski definition) is 7. The Kier molecular flexibility index (Phi) is 13.6. The van der Waals surface area contributed by atoms with Crippen molar-refractivity contribution in [1.29, 1.82) is 0 Å². The SMILES string of the molecule is CO[C@H]1C=CO[C@@]2(C)Oc3c(C)c(O)c4c(O)c(c(C=NN5CCN(C6CCCC6)CC5)c(O)c4c3C2=O)NC(=O)C(C)=CC=C[C@H](C)[C@H](O)[C@@H](C)[C@@H](O)[C@@H](C)[C@H](O)[C@H]1C. The van der Waals surface area contributed by atoms with E-state index in [0.29, 0.717) is 19.1 Å². The number of fused-ring (bicyclic) bond motifs is 14. The van der Waals surface area contributed by atoms with Crippen LogP contribution < -0.4 is 10.1 Å². The molecule has 9 atom stereocenters. The number of aliphatic hydroxyl groups is 3. The lowest BCUT2D eigenvalue weighted by molar-refractivity contribution is -0.112. The minimum Gasteiger partial charge on any atom is -0.507 e. The fourth-order valence-corrected chi connectivity index (χ4v) is 9.08. The predicted octanol–water partition coefficient (Wildman–Crippen LogP) is 5.08. The van der Waals surface area contributed by atoms with Gasteiger partial charge in [0.25, 0.3) is 11.7 Å². The van der Waals surface area contributed by atoms with Crippen LogP contribution in [0.15, 0.2) is 41.2 Å². The molecule has 0 unspecified atom stereocenters. The van der Waals surface area contributed by atoms with Crippen LogP contribution in [0.3, 0.4) is 0 Å². The van der Waals surface area contributed by atoms with E-state index in [-0.39, 0.29) is 44.5 Å². The maximum absolute atomic E-state index is 14.4. The second-order valence-corrected chi connectivity index (χ2v) is 17.2. The van der Waals surface area contributed by atoms with Crippen molar-refractivity contribution < 1.29 is 54.4 Å². The molecule has 2 fully saturated rings. The first-order valence-corrected chi connectivity index (χ1v) is 21.0. The second-order valence-electron chi connectivity index (χ2n) is 17.2. The first-order chi connectivity index (χ1) is 28.4. The first kappa shape index (κ1) is 44.9. The third-order valence-corrected chi connectivity index (χ3v) is 13.3. The third-order valence-electron chi connectivity index (χ3n) is 13.3. The Labute approximate surface area is 351 Å². The van der Waals surface area contributed by atoms with E-state index in [9.17, 15) is 40.2 Å². The molecule has 0 radical (unpaired) electrons. The van der Waals surface area contributed by atoms with Crippen LogP contribution in [0.4, 0.5) is 5.69 Å². The number of carbonyl (C=O) groups is 2. The number of piperazine rings is 1. The Morgan fingerprint density at radius 1 is 0.867 bits per heavy atom. The summed E-state index contributed by atoms with van der Waals surface area (Å²) in [5.41, 5.74) is -0.233. The number of nitrogens with one attached hydrogen (secondary N) is 1. The van der Waals surface area contributed by atoms with Crippen molar-refractivity contribution in [2.45, 2.75) is 110 Å². The summed E-state index contributed by atoms with van der Waals surface area (Å²) >= 11 is 0. The molecule has 7 rings (SSSR count). The summed E-state index contributed by atoms with van der Waals surface area (Å²) in [6.45, 7) is 14.1. The number of aromatic hydroxyl groups is 3.